The first kappa shape index (κ1) is 12.1. The average molecular weight is 235 g/mol. The van der Waals surface area contributed by atoms with Crippen LogP contribution in [-0.4, -0.2) is 18.8 Å². The molecule has 1 aliphatic rings. The van der Waals surface area contributed by atoms with E-state index in [0.29, 0.717) is 6.10 Å². The average Bonchev–Trinajstić information content (AvgIpc) is 3.02. The maximum atomic E-state index is 5.94. The zero-order chi connectivity index (χ0) is 12.5. The number of para-hydroxylation sites is 1. The van der Waals surface area contributed by atoms with Crippen LogP contribution < -0.4 is 14.8 Å². The second-order valence-corrected chi connectivity index (χ2v) is 5.41. The molecule has 3 nitrogen and oxygen atoms in total. The van der Waals surface area contributed by atoms with Gasteiger partial charge >= 0.3 is 0 Å². The summed E-state index contributed by atoms with van der Waals surface area (Å²) in [4.78, 5) is 0. The van der Waals surface area contributed by atoms with Crippen LogP contribution in [0.1, 0.15) is 33.6 Å². The van der Waals surface area contributed by atoms with Gasteiger partial charge in [-0.05, 0) is 45.7 Å². The Hall–Kier alpha value is -1.38. The molecule has 0 atom stereocenters. The molecule has 0 aliphatic heterocycles. The van der Waals surface area contributed by atoms with Crippen molar-refractivity contribution in [2.45, 2.75) is 45.3 Å². The normalized spacial score (nSPS) is 15.5. The molecule has 0 spiro atoms. The Labute approximate surface area is 103 Å². The summed E-state index contributed by atoms with van der Waals surface area (Å²) < 4.78 is 11.9. The minimum atomic E-state index is -0.214. The molecule has 1 N–H and O–H groups in total. The zero-order valence-corrected chi connectivity index (χ0v) is 11.0. The smallest absolute Gasteiger partial charge is 0.184 e. The highest BCUT2D eigenvalue weighted by Gasteiger charge is 2.27. The van der Waals surface area contributed by atoms with Gasteiger partial charge in [0.1, 0.15) is 5.60 Å². The van der Waals surface area contributed by atoms with E-state index in [1.807, 2.05) is 46.0 Å². The Morgan fingerprint density at radius 3 is 2.47 bits per heavy atom. The molecule has 0 amide bonds. The molecule has 0 unspecified atom stereocenters. The van der Waals surface area contributed by atoms with Gasteiger partial charge in [0, 0.05) is 7.05 Å². The molecule has 0 saturated heterocycles. The first-order valence-electron chi connectivity index (χ1n) is 6.16. The molecule has 0 radical (unpaired) electrons. The Morgan fingerprint density at radius 2 is 1.94 bits per heavy atom. The Bertz CT molecular complexity index is 392. The van der Waals surface area contributed by atoms with Crippen LogP contribution in [0.4, 0.5) is 5.69 Å². The predicted octanol–water partition coefficient (Wildman–Crippen LogP) is 3.45. The molecule has 1 aromatic rings. The van der Waals surface area contributed by atoms with Crippen LogP contribution in [0, 0.1) is 0 Å². The fourth-order valence-electron chi connectivity index (χ4n) is 1.60. The van der Waals surface area contributed by atoms with Crippen molar-refractivity contribution in [2.75, 3.05) is 12.4 Å². The lowest BCUT2D eigenvalue weighted by Gasteiger charge is -2.24. The number of rotatable bonds is 4. The zero-order valence-electron chi connectivity index (χ0n) is 11.0. The van der Waals surface area contributed by atoms with Gasteiger partial charge in [-0.1, -0.05) is 6.07 Å². The molecule has 94 valence electrons. The summed E-state index contributed by atoms with van der Waals surface area (Å²) in [5.74, 6) is 1.66. The van der Waals surface area contributed by atoms with Crippen LogP contribution in [0.5, 0.6) is 11.5 Å². The molecule has 3 heteroatoms. The van der Waals surface area contributed by atoms with Crippen LogP contribution in [0.2, 0.25) is 0 Å². The molecule has 2 rings (SSSR count). The second-order valence-electron chi connectivity index (χ2n) is 5.41. The van der Waals surface area contributed by atoms with Crippen molar-refractivity contribution in [1.82, 2.24) is 0 Å². The van der Waals surface area contributed by atoms with E-state index >= 15 is 0 Å². The van der Waals surface area contributed by atoms with Gasteiger partial charge in [0.25, 0.3) is 0 Å². The molecule has 1 fully saturated rings. The Morgan fingerprint density at radius 1 is 1.24 bits per heavy atom. The Kier molecular flexibility index (Phi) is 3.18. The Balaban J connectivity index is 2.28. The quantitative estimate of drug-likeness (QED) is 0.867. The molecule has 1 saturated carbocycles. The standard InChI is InChI=1S/C14H21NO2/c1-14(2,3)17-12-7-5-6-11(15-4)13(12)16-10-8-9-10/h5-7,10,15H,8-9H2,1-4H3. The monoisotopic (exact) mass is 235 g/mol. The fourth-order valence-corrected chi connectivity index (χ4v) is 1.60. The van der Waals surface area contributed by atoms with E-state index in [-0.39, 0.29) is 5.60 Å². The summed E-state index contributed by atoms with van der Waals surface area (Å²) in [6.45, 7) is 6.12. The van der Waals surface area contributed by atoms with E-state index < -0.39 is 0 Å². The van der Waals surface area contributed by atoms with E-state index in [1.165, 1.54) is 0 Å². The van der Waals surface area contributed by atoms with Crippen LogP contribution in [-0.2, 0) is 0 Å². The lowest BCUT2D eigenvalue weighted by atomic mass is 10.2. The molecule has 0 aromatic heterocycles. The predicted molar refractivity (Wildman–Crippen MR) is 70.0 cm³/mol. The maximum absolute atomic E-state index is 5.94. The fraction of sp³-hybridized carbons (Fsp3) is 0.571. The van der Waals surface area contributed by atoms with E-state index in [1.54, 1.807) is 0 Å². The number of hydrogen-bond donors (Lipinski definition) is 1. The summed E-state index contributed by atoms with van der Waals surface area (Å²) in [6, 6.07) is 5.95. The van der Waals surface area contributed by atoms with Crippen molar-refractivity contribution < 1.29 is 9.47 Å². The highest BCUT2D eigenvalue weighted by atomic mass is 16.5. The van der Waals surface area contributed by atoms with Crippen LogP contribution in [0.25, 0.3) is 0 Å². The summed E-state index contributed by atoms with van der Waals surface area (Å²) in [7, 11) is 1.90. The SMILES string of the molecule is CNc1cccc(OC(C)(C)C)c1OC1CC1. The number of ether oxygens (including phenoxy) is 2. The van der Waals surface area contributed by atoms with Gasteiger partial charge in [0.2, 0.25) is 0 Å². The van der Waals surface area contributed by atoms with E-state index in [4.69, 9.17) is 9.47 Å². The van der Waals surface area contributed by atoms with Gasteiger partial charge in [0.05, 0.1) is 11.8 Å². The highest BCUT2D eigenvalue weighted by molar-refractivity contribution is 5.63. The number of anilines is 1. The van der Waals surface area contributed by atoms with Gasteiger partial charge in [-0.15, -0.1) is 0 Å². The van der Waals surface area contributed by atoms with Gasteiger partial charge < -0.3 is 14.8 Å². The minimum Gasteiger partial charge on any atom is -0.484 e. The van der Waals surface area contributed by atoms with Gasteiger partial charge in [-0.2, -0.15) is 0 Å². The number of benzene rings is 1. The van der Waals surface area contributed by atoms with Crippen LogP contribution in [0.15, 0.2) is 18.2 Å². The molecule has 0 heterocycles. The lowest BCUT2D eigenvalue weighted by molar-refractivity contribution is 0.123. The molecule has 1 aliphatic carbocycles. The lowest BCUT2D eigenvalue weighted by Crippen LogP contribution is -2.23. The number of nitrogens with one attached hydrogen (secondary N) is 1. The van der Waals surface area contributed by atoms with E-state index in [9.17, 15) is 0 Å². The summed E-state index contributed by atoms with van der Waals surface area (Å²) in [5, 5.41) is 3.15. The highest BCUT2D eigenvalue weighted by Crippen LogP contribution is 2.40. The van der Waals surface area contributed by atoms with Crippen molar-refractivity contribution in [2.24, 2.45) is 0 Å². The molecular formula is C14H21NO2. The largest absolute Gasteiger partial charge is 0.484 e. The summed E-state index contributed by atoms with van der Waals surface area (Å²) in [6.07, 6.45) is 2.66. The van der Waals surface area contributed by atoms with Gasteiger partial charge in [-0.25, -0.2) is 0 Å². The third-order valence-corrected chi connectivity index (χ3v) is 2.47. The van der Waals surface area contributed by atoms with E-state index in [2.05, 4.69) is 5.32 Å². The van der Waals surface area contributed by atoms with Crippen molar-refractivity contribution in [3.05, 3.63) is 18.2 Å². The third-order valence-electron chi connectivity index (χ3n) is 2.47. The molecule has 17 heavy (non-hydrogen) atoms. The van der Waals surface area contributed by atoms with Crippen molar-refractivity contribution in [3.8, 4) is 11.5 Å². The molecular weight excluding hydrogens is 214 g/mol. The maximum Gasteiger partial charge on any atom is 0.184 e. The van der Waals surface area contributed by atoms with Crippen molar-refractivity contribution in [1.29, 1.82) is 0 Å². The summed E-state index contributed by atoms with van der Waals surface area (Å²) in [5.41, 5.74) is 0.771. The molecule has 1 aromatic carbocycles. The molecule has 0 bridgehead atoms. The van der Waals surface area contributed by atoms with E-state index in [0.717, 1.165) is 30.0 Å². The second kappa shape index (κ2) is 4.47. The van der Waals surface area contributed by atoms with Crippen LogP contribution in [0.3, 0.4) is 0 Å². The van der Waals surface area contributed by atoms with Gasteiger partial charge in [-0.3, -0.25) is 0 Å². The first-order chi connectivity index (χ1) is 7.99. The third kappa shape index (κ3) is 3.29. The van der Waals surface area contributed by atoms with Crippen molar-refractivity contribution >= 4 is 5.69 Å². The van der Waals surface area contributed by atoms with Crippen molar-refractivity contribution in [3.63, 3.8) is 0 Å². The minimum absolute atomic E-state index is 0.214. The van der Waals surface area contributed by atoms with Gasteiger partial charge in [0.15, 0.2) is 11.5 Å². The summed E-state index contributed by atoms with van der Waals surface area (Å²) >= 11 is 0. The number of hydrogen-bond acceptors (Lipinski definition) is 3. The first-order valence-corrected chi connectivity index (χ1v) is 6.16. The topological polar surface area (TPSA) is 30.5 Å². The van der Waals surface area contributed by atoms with Crippen LogP contribution >= 0.6 is 0 Å².